The van der Waals surface area contributed by atoms with Crippen molar-refractivity contribution in [2.75, 3.05) is 0 Å². The van der Waals surface area contributed by atoms with E-state index in [-0.39, 0.29) is 10.8 Å². The largest absolute Gasteiger partial charge is 0.379 e. The normalized spacial score (nSPS) is 21.5. The molecule has 1 aromatic carbocycles. The molecule has 3 rings (SSSR count). The minimum Gasteiger partial charge on any atom is -0.379 e. The highest BCUT2D eigenvalue weighted by Gasteiger charge is 2.25. The molecule has 0 fully saturated rings. The average Bonchev–Trinajstić information content (AvgIpc) is 2.47. The first-order chi connectivity index (χ1) is 10.5. The monoisotopic (exact) mass is 320 g/mol. The molecule has 0 saturated carbocycles. The number of halogens is 2. The summed E-state index contributed by atoms with van der Waals surface area (Å²) in [5.74, 6) is -1.26. The first-order valence-corrected chi connectivity index (χ1v) is 7.67. The molecule has 1 aromatic heterocycles. The van der Waals surface area contributed by atoms with E-state index < -0.39 is 17.7 Å². The number of aliphatic imine (C=N–C) groups is 1. The second-order valence-electron chi connectivity index (χ2n) is 5.13. The van der Waals surface area contributed by atoms with Crippen molar-refractivity contribution in [1.82, 2.24) is 9.97 Å². The van der Waals surface area contributed by atoms with Crippen LogP contribution in [0.3, 0.4) is 0 Å². The van der Waals surface area contributed by atoms with Gasteiger partial charge in [0.2, 0.25) is 0 Å². The number of hydrogen-bond donors (Lipinski definition) is 1. The van der Waals surface area contributed by atoms with Crippen molar-refractivity contribution in [3.8, 4) is 11.1 Å². The zero-order chi connectivity index (χ0) is 15.7. The molecule has 1 aliphatic heterocycles. The molecule has 2 heterocycles. The molecule has 4 nitrogen and oxygen atoms in total. The minimum absolute atomic E-state index is 0.232. The van der Waals surface area contributed by atoms with E-state index in [4.69, 9.17) is 5.73 Å². The maximum Gasteiger partial charge on any atom is 0.154 e. The van der Waals surface area contributed by atoms with Gasteiger partial charge in [-0.05, 0) is 12.5 Å². The van der Waals surface area contributed by atoms with Crippen molar-refractivity contribution >= 4 is 16.9 Å². The summed E-state index contributed by atoms with van der Waals surface area (Å²) < 4.78 is 28.3. The molecule has 0 aliphatic carbocycles. The highest BCUT2D eigenvalue weighted by molar-refractivity contribution is 8.14. The van der Waals surface area contributed by atoms with E-state index in [0.717, 1.165) is 6.07 Å². The van der Waals surface area contributed by atoms with Gasteiger partial charge in [0.05, 0.1) is 6.04 Å². The van der Waals surface area contributed by atoms with Gasteiger partial charge in [0.1, 0.15) is 18.0 Å². The maximum absolute atomic E-state index is 14.2. The van der Waals surface area contributed by atoms with Gasteiger partial charge in [0.15, 0.2) is 5.17 Å². The van der Waals surface area contributed by atoms with E-state index in [2.05, 4.69) is 15.0 Å². The third-order valence-electron chi connectivity index (χ3n) is 3.48. The van der Waals surface area contributed by atoms with Gasteiger partial charge >= 0.3 is 0 Å². The minimum atomic E-state index is -0.647. The van der Waals surface area contributed by atoms with Gasteiger partial charge in [-0.3, -0.25) is 4.99 Å². The van der Waals surface area contributed by atoms with Crippen LogP contribution in [0.5, 0.6) is 0 Å². The summed E-state index contributed by atoms with van der Waals surface area (Å²) in [6, 6.07) is 1.96. The van der Waals surface area contributed by atoms with Crippen molar-refractivity contribution in [3.05, 3.63) is 48.1 Å². The number of nitrogens with zero attached hydrogens (tertiary/aromatic N) is 3. The highest BCUT2D eigenvalue weighted by Crippen LogP contribution is 2.36. The van der Waals surface area contributed by atoms with Crippen molar-refractivity contribution in [1.29, 1.82) is 0 Å². The fraction of sp³-hybridized carbons (Fsp3) is 0.267. The van der Waals surface area contributed by atoms with Crippen LogP contribution in [0.1, 0.15) is 24.9 Å². The summed E-state index contributed by atoms with van der Waals surface area (Å²) in [7, 11) is 0. The topological polar surface area (TPSA) is 64.2 Å². The Bertz CT molecular complexity index is 721. The fourth-order valence-corrected chi connectivity index (χ4v) is 3.36. The van der Waals surface area contributed by atoms with Gasteiger partial charge < -0.3 is 5.73 Å². The number of benzene rings is 1. The lowest BCUT2D eigenvalue weighted by Crippen LogP contribution is -2.21. The number of thioether (sulfide) groups is 1. The number of nitrogens with two attached hydrogens (primary N) is 1. The molecule has 1 aliphatic rings. The molecular formula is C15H14F2N4S. The molecule has 0 radical (unpaired) electrons. The summed E-state index contributed by atoms with van der Waals surface area (Å²) in [6.45, 7) is 2.01. The second-order valence-corrected chi connectivity index (χ2v) is 6.59. The standard InChI is InChI=1S/C15H14F2N4S/c1-8-2-14(21-15(18)22-8)11-3-10(12(16)4-13(11)17)9-5-19-7-20-6-9/h3-8,14H,2H2,1H3,(H2,18,21). The third-order valence-corrected chi connectivity index (χ3v) is 4.42. The smallest absolute Gasteiger partial charge is 0.154 e. The first kappa shape index (κ1) is 14.9. The predicted molar refractivity (Wildman–Crippen MR) is 83.4 cm³/mol. The number of rotatable bonds is 2. The van der Waals surface area contributed by atoms with Crippen LogP contribution in [0.15, 0.2) is 35.8 Å². The van der Waals surface area contributed by atoms with Crippen LogP contribution in [0.25, 0.3) is 11.1 Å². The molecular weight excluding hydrogens is 306 g/mol. The molecule has 2 atom stereocenters. The molecule has 2 unspecified atom stereocenters. The average molecular weight is 320 g/mol. The molecule has 2 aromatic rings. The van der Waals surface area contributed by atoms with Crippen molar-refractivity contribution in [3.63, 3.8) is 0 Å². The molecule has 114 valence electrons. The van der Waals surface area contributed by atoms with Crippen LogP contribution < -0.4 is 5.73 Å². The lowest BCUT2D eigenvalue weighted by Gasteiger charge is -2.24. The van der Waals surface area contributed by atoms with Gasteiger partial charge in [-0.25, -0.2) is 18.7 Å². The van der Waals surface area contributed by atoms with E-state index in [0.29, 0.717) is 22.7 Å². The van der Waals surface area contributed by atoms with Gasteiger partial charge in [-0.15, -0.1) is 0 Å². The van der Waals surface area contributed by atoms with E-state index >= 15 is 0 Å². The van der Waals surface area contributed by atoms with Gasteiger partial charge in [-0.2, -0.15) is 0 Å². The van der Waals surface area contributed by atoms with Crippen molar-refractivity contribution in [2.45, 2.75) is 24.6 Å². The predicted octanol–water partition coefficient (Wildman–Crippen LogP) is 3.30. The number of hydrogen-bond acceptors (Lipinski definition) is 5. The summed E-state index contributed by atoms with van der Waals surface area (Å²) >= 11 is 1.46. The van der Waals surface area contributed by atoms with Crippen LogP contribution in [0.4, 0.5) is 8.78 Å². The first-order valence-electron chi connectivity index (χ1n) is 6.79. The summed E-state index contributed by atoms with van der Waals surface area (Å²) in [5.41, 5.74) is 6.88. The summed E-state index contributed by atoms with van der Waals surface area (Å²) in [6.07, 6.45) is 4.99. The Kier molecular flexibility index (Phi) is 4.06. The highest BCUT2D eigenvalue weighted by atomic mass is 32.2. The van der Waals surface area contributed by atoms with E-state index in [1.165, 1.54) is 36.5 Å². The van der Waals surface area contributed by atoms with Crippen LogP contribution >= 0.6 is 11.8 Å². The Hall–Kier alpha value is -2.02. The van der Waals surface area contributed by atoms with Crippen molar-refractivity contribution < 1.29 is 8.78 Å². The quantitative estimate of drug-likeness (QED) is 0.922. The van der Waals surface area contributed by atoms with Gasteiger partial charge in [0, 0.05) is 40.4 Å². The molecule has 22 heavy (non-hydrogen) atoms. The molecule has 2 N–H and O–H groups in total. The maximum atomic E-state index is 14.2. The number of amidine groups is 1. The SMILES string of the molecule is CC1CC(c2cc(-c3cncnc3)c(F)cc2F)N=C(N)S1. The Morgan fingerprint density at radius 2 is 1.91 bits per heavy atom. The van der Waals surface area contributed by atoms with E-state index in [9.17, 15) is 8.78 Å². The zero-order valence-electron chi connectivity index (χ0n) is 11.8. The lowest BCUT2D eigenvalue weighted by molar-refractivity contribution is 0.544. The van der Waals surface area contributed by atoms with Crippen LogP contribution in [0.2, 0.25) is 0 Å². The Labute approximate surface area is 130 Å². The van der Waals surface area contributed by atoms with Crippen LogP contribution in [-0.2, 0) is 0 Å². The number of aromatic nitrogens is 2. The molecule has 7 heteroatoms. The molecule has 0 spiro atoms. The lowest BCUT2D eigenvalue weighted by atomic mass is 9.97. The summed E-state index contributed by atoms with van der Waals surface area (Å²) in [5, 5.41) is 0.660. The Morgan fingerprint density at radius 3 is 2.59 bits per heavy atom. The van der Waals surface area contributed by atoms with Gasteiger partial charge in [0.25, 0.3) is 0 Å². The molecule has 0 bridgehead atoms. The van der Waals surface area contributed by atoms with E-state index in [1.54, 1.807) is 0 Å². The molecule has 0 amide bonds. The van der Waals surface area contributed by atoms with Crippen LogP contribution in [0, 0.1) is 11.6 Å². The fourth-order valence-electron chi connectivity index (χ4n) is 2.48. The van der Waals surface area contributed by atoms with E-state index in [1.807, 2.05) is 6.92 Å². The van der Waals surface area contributed by atoms with Crippen LogP contribution in [-0.4, -0.2) is 20.4 Å². The van der Waals surface area contributed by atoms with Gasteiger partial charge in [-0.1, -0.05) is 18.7 Å². The summed E-state index contributed by atoms with van der Waals surface area (Å²) in [4.78, 5) is 12.0. The molecule has 0 saturated heterocycles. The Balaban J connectivity index is 2.07. The Morgan fingerprint density at radius 1 is 1.18 bits per heavy atom. The third kappa shape index (κ3) is 2.94. The zero-order valence-corrected chi connectivity index (χ0v) is 12.6. The van der Waals surface area contributed by atoms with Crippen molar-refractivity contribution in [2.24, 2.45) is 10.7 Å². The second kappa shape index (κ2) is 6.00.